The minimum absolute atomic E-state index is 0.432. The van der Waals surface area contributed by atoms with Gasteiger partial charge < -0.3 is 10.5 Å². The van der Waals surface area contributed by atoms with Crippen LogP contribution in [0.25, 0.3) is 0 Å². The molecule has 3 nitrogen and oxygen atoms in total. The van der Waals surface area contributed by atoms with Crippen molar-refractivity contribution in [2.45, 2.75) is 32.2 Å². The first kappa shape index (κ1) is 15.1. The van der Waals surface area contributed by atoms with Crippen molar-refractivity contribution >= 4 is 0 Å². The highest BCUT2D eigenvalue weighted by Gasteiger charge is 2.15. The van der Waals surface area contributed by atoms with Crippen LogP contribution in [0, 0.1) is 6.92 Å². The number of nitrogens with two attached hydrogens (primary N) is 1. The lowest BCUT2D eigenvalue weighted by Gasteiger charge is -2.31. The molecule has 0 aromatic heterocycles. The molecule has 3 heteroatoms. The molecule has 0 amide bonds. The van der Waals surface area contributed by atoms with Crippen molar-refractivity contribution in [3.8, 4) is 5.75 Å². The summed E-state index contributed by atoms with van der Waals surface area (Å²) in [6.45, 7) is 5.85. The van der Waals surface area contributed by atoms with Gasteiger partial charge in [-0.3, -0.25) is 4.90 Å². The number of ether oxygens (including phenoxy) is 1. The third-order valence-corrected chi connectivity index (χ3v) is 3.84. The maximum atomic E-state index is 5.82. The van der Waals surface area contributed by atoms with Crippen molar-refractivity contribution in [3.05, 3.63) is 42.0 Å². The van der Waals surface area contributed by atoms with Gasteiger partial charge >= 0.3 is 0 Å². The fraction of sp³-hybridized carbons (Fsp3) is 0.529. The highest BCUT2D eigenvalue weighted by atomic mass is 16.5. The maximum Gasteiger partial charge on any atom is 0.122 e. The van der Waals surface area contributed by atoms with Gasteiger partial charge in [0.05, 0.1) is 6.61 Å². The van der Waals surface area contributed by atoms with Gasteiger partial charge in [-0.05, 0) is 44.4 Å². The molecule has 1 heterocycles. The molecule has 0 bridgehead atoms. The molecule has 1 aromatic carbocycles. The molecular formula is C17H26N2O. The molecule has 0 spiro atoms. The highest BCUT2D eigenvalue weighted by Crippen LogP contribution is 2.16. The number of benzene rings is 1. The van der Waals surface area contributed by atoms with E-state index in [4.69, 9.17) is 10.5 Å². The lowest BCUT2D eigenvalue weighted by Crippen LogP contribution is -2.42. The molecule has 1 unspecified atom stereocenters. The van der Waals surface area contributed by atoms with Crippen LogP contribution >= 0.6 is 0 Å². The standard InChI is InChI=1S/C17H26N2O/c1-15-8-2-3-10-17(15)20-13-7-6-12-19-11-5-4-9-16(19)14-18/h2-4,8-10,16H,5-7,11-14,18H2,1H3. The Morgan fingerprint density at radius 1 is 1.30 bits per heavy atom. The van der Waals surface area contributed by atoms with Gasteiger partial charge in [-0.2, -0.15) is 0 Å². The Morgan fingerprint density at radius 3 is 2.95 bits per heavy atom. The van der Waals surface area contributed by atoms with Gasteiger partial charge in [0.25, 0.3) is 0 Å². The average Bonchev–Trinajstić information content (AvgIpc) is 2.49. The summed E-state index contributed by atoms with van der Waals surface area (Å²) in [5.74, 6) is 1.01. The zero-order valence-electron chi connectivity index (χ0n) is 12.4. The largest absolute Gasteiger partial charge is 0.493 e. The highest BCUT2D eigenvalue weighted by molar-refractivity contribution is 5.31. The van der Waals surface area contributed by atoms with E-state index in [-0.39, 0.29) is 0 Å². The Labute approximate surface area is 122 Å². The van der Waals surface area contributed by atoms with Crippen LogP contribution in [0.1, 0.15) is 24.8 Å². The normalized spacial score (nSPS) is 19.2. The quantitative estimate of drug-likeness (QED) is 0.614. The summed E-state index contributed by atoms with van der Waals surface area (Å²) in [5.41, 5.74) is 7.00. The van der Waals surface area contributed by atoms with E-state index in [9.17, 15) is 0 Å². The summed E-state index contributed by atoms with van der Waals surface area (Å²) in [6.07, 6.45) is 7.89. The van der Waals surface area contributed by atoms with Crippen molar-refractivity contribution in [2.24, 2.45) is 5.73 Å². The molecule has 2 N–H and O–H groups in total. The van der Waals surface area contributed by atoms with E-state index in [1.54, 1.807) is 0 Å². The Hall–Kier alpha value is -1.32. The van der Waals surface area contributed by atoms with Gasteiger partial charge in [0.15, 0.2) is 0 Å². The Bertz CT molecular complexity index is 431. The SMILES string of the molecule is Cc1ccccc1OCCCCN1CCC=CC1CN. The van der Waals surface area contributed by atoms with Crippen LogP contribution in [0.4, 0.5) is 0 Å². The van der Waals surface area contributed by atoms with Gasteiger partial charge in [0, 0.05) is 19.1 Å². The van der Waals surface area contributed by atoms with E-state index >= 15 is 0 Å². The summed E-state index contributed by atoms with van der Waals surface area (Å²) in [4.78, 5) is 2.48. The first-order valence-corrected chi connectivity index (χ1v) is 7.60. The summed E-state index contributed by atoms with van der Waals surface area (Å²) in [6, 6.07) is 8.62. The molecule has 0 saturated carbocycles. The average molecular weight is 274 g/mol. The van der Waals surface area contributed by atoms with Crippen LogP contribution in [0.5, 0.6) is 5.75 Å². The predicted molar refractivity (Wildman–Crippen MR) is 84.1 cm³/mol. The van der Waals surface area contributed by atoms with Crippen LogP contribution in [0.2, 0.25) is 0 Å². The third kappa shape index (κ3) is 4.36. The number of hydrogen-bond acceptors (Lipinski definition) is 3. The molecular weight excluding hydrogens is 248 g/mol. The lowest BCUT2D eigenvalue weighted by atomic mass is 10.1. The summed E-state index contributed by atoms with van der Waals surface area (Å²) in [7, 11) is 0. The van der Waals surface area contributed by atoms with Gasteiger partial charge in [0.1, 0.15) is 5.75 Å². The summed E-state index contributed by atoms with van der Waals surface area (Å²) >= 11 is 0. The van der Waals surface area contributed by atoms with Gasteiger partial charge in [-0.25, -0.2) is 0 Å². The van der Waals surface area contributed by atoms with E-state index < -0.39 is 0 Å². The van der Waals surface area contributed by atoms with E-state index in [0.717, 1.165) is 51.3 Å². The number of rotatable bonds is 7. The molecule has 1 aromatic rings. The Kier molecular flexibility index (Phi) is 6.09. The minimum atomic E-state index is 0.432. The first-order chi connectivity index (χ1) is 9.81. The zero-order valence-corrected chi connectivity index (χ0v) is 12.4. The van der Waals surface area contributed by atoms with Gasteiger partial charge in [-0.1, -0.05) is 30.4 Å². The minimum Gasteiger partial charge on any atom is -0.493 e. The van der Waals surface area contributed by atoms with Crippen molar-refractivity contribution in [2.75, 3.05) is 26.2 Å². The molecule has 1 aliphatic rings. The van der Waals surface area contributed by atoms with E-state index in [2.05, 4.69) is 30.0 Å². The predicted octanol–water partition coefficient (Wildman–Crippen LogP) is 2.74. The molecule has 2 rings (SSSR count). The number of nitrogens with zero attached hydrogens (tertiary/aromatic N) is 1. The van der Waals surface area contributed by atoms with E-state index in [0.29, 0.717) is 6.04 Å². The fourth-order valence-electron chi connectivity index (χ4n) is 2.60. The molecule has 1 atom stereocenters. The molecule has 20 heavy (non-hydrogen) atoms. The van der Waals surface area contributed by atoms with Crippen LogP contribution in [-0.2, 0) is 0 Å². The lowest BCUT2D eigenvalue weighted by molar-refractivity contribution is 0.213. The smallest absolute Gasteiger partial charge is 0.122 e. The summed E-state index contributed by atoms with van der Waals surface area (Å²) < 4.78 is 5.82. The fourth-order valence-corrected chi connectivity index (χ4v) is 2.60. The van der Waals surface area contributed by atoms with Crippen molar-refractivity contribution in [1.82, 2.24) is 4.90 Å². The van der Waals surface area contributed by atoms with Crippen molar-refractivity contribution in [3.63, 3.8) is 0 Å². The molecule has 1 aliphatic heterocycles. The van der Waals surface area contributed by atoms with E-state index in [1.807, 2.05) is 18.2 Å². The topological polar surface area (TPSA) is 38.5 Å². The first-order valence-electron chi connectivity index (χ1n) is 7.60. The third-order valence-electron chi connectivity index (χ3n) is 3.84. The maximum absolute atomic E-state index is 5.82. The second-order valence-electron chi connectivity index (χ2n) is 5.38. The molecule has 0 saturated heterocycles. The number of para-hydroxylation sites is 1. The Morgan fingerprint density at radius 2 is 2.15 bits per heavy atom. The van der Waals surface area contributed by atoms with Crippen LogP contribution in [0.15, 0.2) is 36.4 Å². The molecule has 0 fully saturated rings. The molecule has 0 radical (unpaired) electrons. The summed E-state index contributed by atoms with van der Waals surface area (Å²) in [5, 5.41) is 0. The number of hydrogen-bond donors (Lipinski definition) is 1. The van der Waals surface area contributed by atoms with Gasteiger partial charge in [-0.15, -0.1) is 0 Å². The zero-order chi connectivity index (χ0) is 14.2. The molecule has 0 aliphatic carbocycles. The second-order valence-corrected chi connectivity index (χ2v) is 5.38. The van der Waals surface area contributed by atoms with Crippen molar-refractivity contribution < 1.29 is 4.74 Å². The number of unbranched alkanes of at least 4 members (excludes halogenated alkanes) is 1. The monoisotopic (exact) mass is 274 g/mol. The van der Waals surface area contributed by atoms with Crippen LogP contribution < -0.4 is 10.5 Å². The number of aryl methyl sites for hydroxylation is 1. The second kappa shape index (κ2) is 8.08. The molecule has 110 valence electrons. The van der Waals surface area contributed by atoms with Crippen LogP contribution in [0.3, 0.4) is 0 Å². The van der Waals surface area contributed by atoms with Crippen molar-refractivity contribution in [1.29, 1.82) is 0 Å². The van der Waals surface area contributed by atoms with Gasteiger partial charge in [0.2, 0.25) is 0 Å². The Balaban J connectivity index is 1.64. The van der Waals surface area contributed by atoms with Crippen LogP contribution in [-0.4, -0.2) is 37.2 Å². The van der Waals surface area contributed by atoms with E-state index in [1.165, 1.54) is 5.56 Å².